The van der Waals surface area contributed by atoms with Gasteiger partial charge in [0.25, 0.3) is 0 Å². The first-order chi connectivity index (χ1) is 8.27. The van der Waals surface area contributed by atoms with Crippen LogP contribution in [0, 0.1) is 0 Å². The predicted octanol–water partition coefficient (Wildman–Crippen LogP) is 5.16. The van der Waals surface area contributed by atoms with Crippen LogP contribution in [0.15, 0.2) is 0 Å². The second-order valence-corrected chi connectivity index (χ2v) is 5.03. The fourth-order valence-corrected chi connectivity index (χ4v) is 2.12. The molecule has 0 unspecified atom stereocenters. The summed E-state index contributed by atoms with van der Waals surface area (Å²) in [5.41, 5.74) is 0. The van der Waals surface area contributed by atoms with E-state index in [1.807, 2.05) is 0 Å². The van der Waals surface area contributed by atoms with E-state index in [0.29, 0.717) is 6.42 Å². The lowest BCUT2D eigenvalue weighted by molar-refractivity contribution is -0.137. The summed E-state index contributed by atoms with van der Waals surface area (Å²) in [4.78, 5) is 10.1. The molecule has 2 heteroatoms. The number of carboxylic acids is 1. The Morgan fingerprint density at radius 2 is 1.24 bits per heavy atom. The second kappa shape index (κ2) is 13.5. The number of rotatable bonds is 7. The molecule has 0 aliphatic heterocycles. The highest BCUT2D eigenvalue weighted by Gasteiger charge is 1.96. The molecule has 1 saturated carbocycles. The zero-order chi connectivity index (χ0) is 12.8. The average molecular weight is 242 g/mol. The molecule has 102 valence electrons. The summed E-state index contributed by atoms with van der Waals surface area (Å²) in [5.74, 6) is -0.666. The summed E-state index contributed by atoms with van der Waals surface area (Å²) >= 11 is 0. The third-order valence-corrected chi connectivity index (χ3v) is 3.24. The van der Waals surface area contributed by atoms with E-state index in [-0.39, 0.29) is 0 Å². The molecular weight excluding hydrogens is 212 g/mol. The molecule has 1 N–H and O–H groups in total. The lowest BCUT2D eigenvalue weighted by Crippen LogP contribution is -1.93. The van der Waals surface area contributed by atoms with Crippen LogP contribution >= 0.6 is 0 Å². The van der Waals surface area contributed by atoms with E-state index >= 15 is 0 Å². The van der Waals surface area contributed by atoms with Crippen LogP contribution in [0.2, 0.25) is 0 Å². The van der Waals surface area contributed by atoms with Gasteiger partial charge in [-0.2, -0.15) is 0 Å². The van der Waals surface area contributed by atoms with Crippen LogP contribution in [-0.2, 0) is 4.79 Å². The van der Waals surface area contributed by atoms with Crippen molar-refractivity contribution in [3.63, 3.8) is 0 Å². The van der Waals surface area contributed by atoms with Gasteiger partial charge in [-0.1, -0.05) is 77.6 Å². The molecule has 1 aliphatic rings. The van der Waals surface area contributed by atoms with E-state index in [2.05, 4.69) is 6.92 Å². The Hall–Kier alpha value is -0.530. The van der Waals surface area contributed by atoms with Gasteiger partial charge >= 0.3 is 5.97 Å². The zero-order valence-corrected chi connectivity index (χ0v) is 11.5. The zero-order valence-electron chi connectivity index (χ0n) is 11.5. The summed E-state index contributed by atoms with van der Waals surface area (Å²) in [6.07, 6.45) is 16.3. The molecule has 0 heterocycles. The van der Waals surface area contributed by atoms with Gasteiger partial charge < -0.3 is 5.11 Å². The molecule has 1 fully saturated rings. The summed E-state index contributed by atoms with van der Waals surface area (Å²) in [7, 11) is 0. The highest BCUT2D eigenvalue weighted by Crippen LogP contribution is 2.15. The highest BCUT2D eigenvalue weighted by molar-refractivity contribution is 5.66. The van der Waals surface area contributed by atoms with E-state index in [4.69, 9.17) is 5.11 Å². The second-order valence-electron chi connectivity index (χ2n) is 5.03. The molecule has 0 spiro atoms. The molecule has 17 heavy (non-hydrogen) atoms. The molecule has 0 saturated heterocycles. The Morgan fingerprint density at radius 3 is 1.65 bits per heavy atom. The maximum absolute atomic E-state index is 10.1. The van der Waals surface area contributed by atoms with Crippen LogP contribution in [0.25, 0.3) is 0 Å². The summed E-state index contributed by atoms with van der Waals surface area (Å²) in [6, 6.07) is 0. The first-order valence-electron chi connectivity index (χ1n) is 7.49. The topological polar surface area (TPSA) is 37.3 Å². The Bertz CT molecular complexity index is 151. The van der Waals surface area contributed by atoms with Crippen molar-refractivity contribution < 1.29 is 9.90 Å². The normalized spacial score (nSPS) is 14.9. The third-order valence-electron chi connectivity index (χ3n) is 3.24. The average Bonchev–Trinajstić information content (AvgIpc) is 2.36. The van der Waals surface area contributed by atoms with E-state index in [9.17, 15) is 4.79 Å². The predicted molar refractivity (Wildman–Crippen MR) is 73.3 cm³/mol. The Morgan fingerprint density at radius 1 is 0.824 bits per heavy atom. The monoisotopic (exact) mass is 242 g/mol. The SMILES string of the molecule is C1CCCCC1.CCCCCCCCC(=O)O. The van der Waals surface area contributed by atoms with Gasteiger partial charge in [0.2, 0.25) is 0 Å². The van der Waals surface area contributed by atoms with E-state index in [0.717, 1.165) is 12.8 Å². The number of carbonyl (C=O) groups is 1. The maximum atomic E-state index is 10.1. The minimum absolute atomic E-state index is 0.339. The van der Waals surface area contributed by atoms with Crippen molar-refractivity contribution in [3.05, 3.63) is 0 Å². The van der Waals surface area contributed by atoms with Crippen molar-refractivity contribution in [3.8, 4) is 0 Å². The van der Waals surface area contributed by atoms with Gasteiger partial charge in [-0.05, 0) is 6.42 Å². The Labute approximate surface area is 107 Å². The quantitative estimate of drug-likeness (QED) is 0.626. The summed E-state index contributed by atoms with van der Waals surface area (Å²) < 4.78 is 0. The largest absolute Gasteiger partial charge is 0.481 e. The van der Waals surface area contributed by atoms with Crippen molar-refractivity contribution in [1.82, 2.24) is 0 Å². The van der Waals surface area contributed by atoms with Gasteiger partial charge in [0.05, 0.1) is 0 Å². The summed E-state index contributed by atoms with van der Waals surface area (Å²) in [6.45, 7) is 2.18. The molecule has 1 aliphatic carbocycles. The molecule has 0 aromatic carbocycles. The summed E-state index contributed by atoms with van der Waals surface area (Å²) in [5, 5.41) is 8.32. The Kier molecular flexibility index (Phi) is 13.1. The lowest BCUT2D eigenvalue weighted by atomic mass is 10.0. The van der Waals surface area contributed by atoms with Crippen molar-refractivity contribution in [2.24, 2.45) is 0 Å². The number of hydrogen-bond donors (Lipinski definition) is 1. The minimum atomic E-state index is -0.666. The van der Waals surface area contributed by atoms with Crippen LogP contribution in [0.3, 0.4) is 0 Å². The maximum Gasteiger partial charge on any atom is 0.303 e. The van der Waals surface area contributed by atoms with E-state index in [1.54, 1.807) is 0 Å². The standard InChI is InChI=1S/C9H18O2.C6H12/c1-2-3-4-5-6-7-8-9(10)11;1-2-4-6-5-3-1/h2-8H2,1H3,(H,10,11);1-6H2. The minimum Gasteiger partial charge on any atom is -0.481 e. The molecule has 2 nitrogen and oxygen atoms in total. The van der Waals surface area contributed by atoms with Crippen molar-refractivity contribution in [2.75, 3.05) is 0 Å². The van der Waals surface area contributed by atoms with Crippen LogP contribution in [0.1, 0.15) is 90.4 Å². The first kappa shape index (κ1) is 16.5. The van der Waals surface area contributed by atoms with E-state index < -0.39 is 5.97 Å². The van der Waals surface area contributed by atoms with Crippen LogP contribution in [-0.4, -0.2) is 11.1 Å². The first-order valence-corrected chi connectivity index (χ1v) is 7.49. The molecule has 0 radical (unpaired) electrons. The van der Waals surface area contributed by atoms with Crippen LogP contribution in [0.4, 0.5) is 0 Å². The molecule has 1 rings (SSSR count). The van der Waals surface area contributed by atoms with Gasteiger partial charge in [-0.25, -0.2) is 0 Å². The smallest absolute Gasteiger partial charge is 0.303 e. The van der Waals surface area contributed by atoms with Crippen LogP contribution < -0.4 is 0 Å². The Balaban J connectivity index is 0.000000354. The van der Waals surface area contributed by atoms with E-state index in [1.165, 1.54) is 64.2 Å². The third kappa shape index (κ3) is 15.5. The number of unbranched alkanes of at least 4 members (excludes halogenated alkanes) is 5. The fraction of sp³-hybridized carbons (Fsp3) is 0.933. The van der Waals surface area contributed by atoms with Gasteiger partial charge in [0.15, 0.2) is 0 Å². The molecule has 0 aromatic rings. The molecule has 0 bridgehead atoms. The lowest BCUT2D eigenvalue weighted by Gasteiger charge is -2.05. The van der Waals surface area contributed by atoms with Crippen LogP contribution in [0.5, 0.6) is 0 Å². The fourth-order valence-electron chi connectivity index (χ4n) is 2.12. The van der Waals surface area contributed by atoms with Gasteiger partial charge in [-0.15, -0.1) is 0 Å². The van der Waals surface area contributed by atoms with Crippen molar-refractivity contribution >= 4 is 5.97 Å². The molecule has 0 amide bonds. The number of carboxylic acid groups (broad SMARTS) is 1. The van der Waals surface area contributed by atoms with Gasteiger partial charge in [0.1, 0.15) is 0 Å². The van der Waals surface area contributed by atoms with Gasteiger partial charge in [0, 0.05) is 6.42 Å². The molecule has 0 aromatic heterocycles. The molecule has 0 atom stereocenters. The van der Waals surface area contributed by atoms with Crippen molar-refractivity contribution in [2.45, 2.75) is 90.4 Å². The number of hydrogen-bond acceptors (Lipinski definition) is 1. The highest BCUT2D eigenvalue weighted by atomic mass is 16.4. The van der Waals surface area contributed by atoms with Crippen molar-refractivity contribution in [1.29, 1.82) is 0 Å². The molecular formula is C15H30O2. The van der Waals surface area contributed by atoms with Gasteiger partial charge in [-0.3, -0.25) is 4.79 Å². The number of aliphatic carboxylic acids is 1.